The third kappa shape index (κ3) is 1.29. The van der Waals surface area contributed by atoms with Gasteiger partial charge in [0.1, 0.15) is 0 Å². The zero-order valence-corrected chi connectivity index (χ0v) is 7.07. The third-order valence-corrected chi connectivity index (χ3v) is 1.97. The molecule has 0 aliphatic carbocycles. The zero-order valence-electron chi connectivity index (χ0n) is 7.07. The smallest absolute Gasteiger partial charge is 0.173 e. The number of hydrogen-bond donors (Lipinski definition) is 1. The van der Waals surface area contributed by atoms with Crippen LogP contribution in [0.5, 0.6) is 0 Å². The number of pyridine rings is 1. The topological polar surface area (TPSA) is 43.3 Å². The first-order valence-electron chi connectivity index (χ1n) is 4.13. The number of imidazole rings is 1. The number of nitrogens with two attached hydrogens (primary N) is 1. The van der Waals surface area contributed by atoms with Gasteiger partial charge in [0.2, 0.25) is 0 Å². The van der Waals surface area contributed by atoms with Crippen molar-refractivity contribution in [3.63, 3.8) is 0 Å². The predicted octanol–water partition coefficient (Wildman–Crippen LogP) is 0.975. The first-order chi connectivity index (χ1) is 6.33. The second-order valence-corrected chi connectivity index (χ2v) is 2.84. The Morgan fingerprint density at radius 2 is 2.38 bits per heavy atom. The molecule has 2 aromatic heterocycles. The monoisotopic (exact) mass is 179 g/mol. The third-order valence-electron chi connectivity index (χ3n) is 1.97. The SMILES string of the molecule is NCCc1cnc2c(F)cccn12. The van der Waals surface area contributed by atoms with E-state index < -0.39 is 0 Å². The van der Waals surface area contributed by atoms with E-state index in [-0.39, 0.29) is 5.82 Å². The second-order valence-electron chi connectivity index (χ2n) is 2.84. The Morgan fingerprint density at radius 3 is 3.15 bits per heavy atom. The molecular formula is C9H10FN3. The molecule has 3 nitrogen and oxygen atoms in total. The van der Waals surface area contributed by atoms with Crippen molar-refractivity contribution < 1.29 is 4.39 Å². The van der Waals surface area contributed by atoms with E-state index in [9.17, 15) is 4.39 Å². The molecule has 2 rings (SSSR count). The van der Waals surface area contributed by atoms with Gasteiger partial charge in [0.05, 0.1) is 0 Å². The van der Waals surface area contributed by atoms with Gasteiger partial charge in [0.25, 0.3) is 0 Å². The van der Waals surface area contributed by atoms with Crippen LogP contribution in [0.2, 0.25) is 0 Å². The first-order valence-corrected chi connectivity index (χ1v) is 4.13. The maximum absolute atomic E-state index is 13.1. The molecule has 0 aromatic carbocycles. The Morgan fingerprint density at radius 1 is 1.54 bits per heavy atom. The number of halogens is 1. The van der Waals surface area contributed by atoms with Gasteiger partial charge in [-0.05, 0) is 18.7 Å². The fourth-order valence-electron chi connectivity index (χ4n) is 1.36. The molecular weight excluding hydrogens is 169 g/mol. The van der Waals surface area contributed by atoms with Crippen LogP contribution in [-0.2, 0) is 6.42 Å². The molecule has 0 aliphatic rings. The molecule has 0 saturated heterocycles. The largest absolute Gasteiger partial charge is 0.330 e. The lowest BCUT2D eigenvalue weighted by Gasteiger charge is -1.98. The normalized spacial score (nSPS) is 10.9. The number of nitrogens with zero attached hydrogens (tertiary/aromatic N) is 2. The van der Waals surface area contributed by atoms with E-state index in [1.54, 1.807) is 22.9 Å². The molecule has 0 atom stereocenters. The fraction of sp³-hybridized carbons (Fsp3) is 0.222. The summed E-state index contributed by atoms with van der Waals surface area (Å²) in [5.41, 5.74) is 6.72. The molecule has 2 N–H and O–H groups in total. The highest BCUT2D eigenvalue weighted by molar-refractivity contribution is 5.41. The van der Waals surface area contributed by atoms with Gasteiger partial charge >= 0.3 is 0 Å². The summed E-state index contributed by atoms with van der Waals surface area (Å²) in [6.45, 7) is 0.546. The van der Waals surface area contributed by atoms with Crippen LogP contribution in [0.1, 0.15) is 5.69 Å². The maximum atomic E-state index is 13.1. The summed E-state index contributed by atoms with van der Waals surface area (Å²) in [4.78, 5) is 3.97. The van der Waals surface area contributed by atoms with Crippen LogP contribution >= 0.6 is 0 Å². The quantitative estimate of drug-likeness (QED) is 0.746. The van der Waals surface area contributed by atoms with E-state index in [2.05, 4.69) is 4.98 Å². The lowest BCUT2D eigenvalue weighted by Crippen LogP contribution is -2.05. The molecule has 0 spiro atoms. The first kappa shape index (κ1) is 8.19. The highest BCUT2D eigenvalue weighted by Gasteiger charge is 2.05. The zero-order chi connectivity index (χ0) is 9.26. The minimum absolute atomic E-state index is 0.300. The molecule has 2 aromatic rings. The highest BCUT2D eigenvalue weighted by atomic mass is 19.1. The van der Waals surface area contributed by atoms with Crippen molar-refractivity contribution >= 4 is 5.65 Å². The van der Waals surface area contributed by atoms with Crippen LogP contribution in [0.15, 0.2) is 24.5 Å². The number of fused-ring (bicyclic) bond motifs is 1. The van der Waals surface area contributed by atoms with Gasteiger partial charge in [-0.2, -0.15) is 0 Å². The molecule has 0 radical (unpaired) electrons. The lowest BCUT2D eigenvalue weighted by molar-refractivity contribution is 0.629. The van der Waals surface area contributed by atoms with Crippen LogP contribution in [0.3, 0.4) is 0 Å². The van der Waals surface area contributed by atoms with Gasteiger partial charge in [0.15, 0.2) is 11.5 Å². The molecule has 2 heterocycles. The number of aromatic nitrogens is 2. The fourth-order valence-corrected chi connectivity index (χ4v) is 1.36. The summed E-state index contributed by atoms with van der Waals surface area (Å²) in [7, 11) is 0. The molecule has 0 amide bonds. The minimum Gasteiger partial charge on any atom is -0.330 e. The Labute approximate surface area is 75.0 Å². The van der Waals surface area contributed by atoms with E-state index in [0.29, 0.717) is 18.6 Å². The Balaban J connectivity index is 2.61. The highest BCUT2D eigenvalue weighted by Crippen LogP contribution is 2.10. The molecule has 0 bridgehead atoms. The van der Waals surface area contributed by atoms with Crippen molar-refractivity contribution in [3.8, 4) is 0 Å². The Hall–Kier alpha value is -1.42. The predicted molar refractivity (Wildman–Crippen MR) is 47.9 cm³/mol. The molecule has 13 heavy (non-hydrogen) atoms. The number of rotatable bonds is 2. The Bertz CT molecular complexity index is 422. The van der Waals surface area contributed by atoms with Crippen molar-refractivity contribution in [3.05, 3.63) is 36.0 Å². The summed E-state index contributed by atoms with van der Waals surface area (Å²) in [6, 6.07) is 3.05. The average molecular weight is 179 g/mol. The minimum atomic E-state index is -0.300. The van der Waals surface area contributed by atoms with Gasteiger partial charge < -0.3 is 10.1 Å². The van der Waals surface area contributed by atoms with E-state index in [0.717, 1.165) is 5.69 Å². The summed E-state index contributed by atoms with van der Waals surface area (Å²) in [6.07, 6.45) is 4.16. The van der Waals surface area contributed by atoms with Gasteiger partial charge in [0, 0.05) is 24.5 Å². The van der Waals surface area contributed by atoms with E-state index in [1.807, 2.05) is 0 Å². The molecule has 0 unspecified atom stereocenters. The van der Waals surface area contributed by atoms with Crippen LogP contribution in [0, 0.1) is 5.82 Å². The summed E-state index contributed by atoms with van der Waals surface area (Å²) < 4.78 is 14.8. The summed E-state index contributed by atoms with van der Waals surface area (Å²) in [5.74, 6) is -0.300. The molecule has 68 valence electrons. The average Bonchev–Trinajstić information content (AvgIpc) is 2.51. The Kier molecular flexibility index (Phi) is 1.98. The van der Waals surface area contributed by atoms with E-state index >= 15 is 0 Å². The number of hydrogen-bond acceptors (Lipinski definition) is 2. The molecule has 0 aliphatic heterocycles. The van der Waals surface area contributed by atoms with Crippen molar-refractivity contribution in [2.75, 3.05) is 6.54 Å². The van der Waals surface area contributed by atoms with E-state index in [4.69, 9.17) is 5.73 Å². The maximum Gasteiger partial charge on any atom is 0.173 e. The lowest BCUT2D eigenvalue weighted by atomic mass is 10.3. The molecule has 4 heteroatoms. The van der Waals surface area contributed by atoms with Crippen molar-refractivity contribution in [1.29, 1.82) is 0 Å². The van der Waals surface area contributed by atoms with Crippen molar-refractivity contribution in [2.45, 2.75) is 6.42 Å². The van der Waals surface area contributed by atoms with Gasteiger partial charge in [-0.1, -0.05) is 0 Å². The van der Waals surface area contributed by atoms with Gasteiger partial charge in [-0.15, -0.1) is 0 Å². The van der Waals surface area contributed by atoms with Crippen molar-refractivity contribution in [1.82, 2.24) is 9.38 Å². The molecule has 0 fully saturated rings. The summed E-state index contributed by atoms with van der Waals surface area (Å²) in [5, 5.41) is 0. The standard InChI is InChI=1S/C9H10FN3/c10-8-2-1-5-13-7(3-4-11)6-12-9(8)13/h1-2,5-6H,3-4,11H2. The summed E-state index contributed by atoms with van der Waals surface area (Å²) >= 11 is 0. The van der Waals surface area contributed by atoms with Crippen LogP contribution in [0.25, 0.3) is 5.65 Å². The van der Waals surface area contributed by atoms with Crippen LogP contribution < -0.4 is 5.73 Å². The van der Waals surface area contributed by atoms with Crippen LogP contribution in [-0.4, -0.2) is 15.9 Å². The van der Waals surface area contributed by atoms with Gasteiger partial charge in [-0.25, -0.2) is 9.37 Å². The van der Waals surface area contributed by atoms with Crippen molar-refractivity contribution in [2.24, 2.45) is 5.73 Å². The van der Waals surface area contributed by atoms with Gasteiger partial charge in [-0.3, -0.25) is 0 Å². The van der Waals surface area contributed by atoms with E-state index in [1.165, 1.54) is 6.07 Å². The molecule has 0 saturated carbocycles. The van der Waals surface area contributed by atoms with Crippen LogP contribution in [0.4, 0.5) is 4.39 Å². The second kappa shape index (κ2) is 3.14.